The van der Waals surface area contributed by atoms with Gasteiger partial charge in [0, 0.05) is 17.7 Å². The predicted molar refractivity (Wildman–Crippen MR) is 155 cm³/mol. The fraction of sp³-hybridized carbons (Fsp3) is 0.233. The van der Waals surface area contributed by atoms with Crippen LogP contribution in [0.3, 0.4) is 0 Å². The van der Waals surface area contributed by atoms with Gasteiger partial charge in [0.1, 0.15) is 18.2 Å². The van der Waals surface area contributed by atoms with Crippen LogP contribution in [0.5, 0.6) is 0 Å². The van der Waals surface area contributed by atoms with Crippen molar-refractivity contribution in [2.45, 2.75) is 19.1 Å². The SMILES string of the molecule is CC(C)CNC(=O)CN1C(=O)CS[C@@H](c2ccc(F)cc2)c2c(-c3ccccc3)nn(-c3ccccc3Cl)c21. The lowest BCUT2D eigenvalue weighted by Gasteiger charge is -2.23. The Labute approximate surface area is 236 Å². The maximum absolute atomic E-state index is 13.9. The van der Waals surface area contributed by atoms with Gasteiger partial charge in [0.05, 0.1) is 27.4 Å². The number of carbonyl (C=O) groups excluding carboxylic acids is 2. The Kier molecular flexibility index (Phi) is 8.04. The van der Waals surface area contributed by atoms with Crippen LogP contribution in [0.4, 0.5) is 10.2 Å². The summed E-state index contributed by atoms with van der Waals surface area (Å²) in [4.78, 5) is 28.2. The van der Waals surface area contributed by atoms with E-state index in [9.17, 15) is 14.0 Å². The lowest BCUT2D eigenvalue weighted by Crippen LogP contribution is -2.43. The second kappa shape index (κ2) is 11.6. The minimum absolute atomic E-state index is 0.130. The monoisotopic (exact) mass is 562 g/mol. The Morgan fingerprint density at radius 1 is 1.08 bits per heavy atom. The molecule has 0 bridgehead atoms. The summed E-state index contributed by atoms with van der Waals surface area (Å²) in [6, 6.07) is 23.2. The van der Waals surface area contributed by atoms with Gasteiger partial charge in [0.25, 0.3) is 0 Å². The molecule has 0 spiro atoms. The molecule has 6 nitrogen and oxygen atoms in total. The molecule has 2 heterocycles. The highest BCUT2D eigenvalue weighted by atomic mass is 35.5. The molecule has 0 radical (unpaired) electrons. The number of amides is 2. The summed E-state index contributed by atoms with van der Waals surface area (Å²) in [6.45, 7) is 4.36. The summed E-state index contributed by atoms with van der Waals surface area (Å²) in [6.07, 6.45) is 0. The van der Waals surface area contributed by atoms with Crippen LogP contribution in [0.25, 0.3) is 16.9 Å². The minimum atomic E-state index is -0.347. The molecule has 200 valence electrons. The van der Waals surface area contributed by atoms with Crippen LogP contribution in [-0.4, -0.2) is 40.4 Å². The standard InChI is InChI=1S/C30H28ClFN4O2S/c1-19(2)16-33-25(37)17-35-26(38)18-39-29(21-12-14-22(32)15-13-21)27-28(20-8-4-3-5-9-20)34-36(30(27)35)24-11-7-6-10-23(24)31/h3-15,19,29H,16-18H2,1-2H3,(H,33,37)/t29-/m0/s1. The van der Waals surface area contributed by atoms with E-state index in [-0.39, 0.29) is 41.1 Å². The topological polar surface area (TPSA) is 67.2 Å². The van der Waals surface area contributed by atoms with Gasteiger partial charge in [0.2, 0.25) is 11.8 Å². The van der Waals surface area contributed by atoms with Gasteiger partial charge in [0.15, 0.2) is 0 Å². The quantitative estimate of drug-likeness (QED) is 0.288. The molecular weight excluding hydrogens is 535 g/mol. The van der Waals surface area contributed by atoms with Crippen LogP contribution in [-0.2, 0) is 9.59 Å². The highest BCUT2D eigenvalue weighted by molar-refractivity contribution is 8.00. The third kappa shape index (κ3) is 5.72. The fourth-order valence-corrected chi connectivity index (χ4v) is 5.95. The van der Waals surface area contributed by atoms with E-state index in [1.54, 1.807) is 22.9 Å². The molecule has 9 heteroatoms. The smallest absolute Gasteiger partial charge is 0.240 e. The number of thioether (sulfide) groups is 1. The van der Waals surface area contributed by atoms with Gasteiger partial charge < -0.3 is 5.32 Å². The first-order valence-corrected chi connectivity index (χ1v) is 14.1. The normalized spacial score (nSPS) is 15.3. The maximum atomic E-state index is 13.9. The summed E-state index contributed by atoms with van der Waals surface area (Å²) >= 11 is 8.08. The summed E-state index contributed by atoms with van der Waals surface area (Å²) < 4.78 is 15.6. The number of carbonyl (C=O) groups is 2. The Balaban J connectivity index is 1.77. The number of hydrogen-bond donors (Lipinski definition) is 1. The van der Waals surface area contributed by atoms with E-state index in [0.29, 0.717) is 28.8 Å². The number of nitrogens with zero attached hydrogens (tertiary/aromatic N) is 3. The molecule has 1 N–H and O–H groups in total. The second-order valence-electron chi connectivity index (χ2n) is 9.74. The van der Waals surface area contributed by atoms with E-state index >= 15 is 0 Å². The Morgan fingerprint density at radius 2 is 1.77 bits per heavy atom. The molecule has 1 aliphatic rings. The molecule has 39 heavy (non-hydrogen) atoms. The zero-order valence-corrected chi connectivity index (χ0v) is 23.2. The molecule has 1 aliphatic heterocycles. The van der Waals surface area contributed by atoms with E-state index in [0.717, 1.165) is 16.7 Å². The molecule has 0 unspecified atom stereocenters. The summed E-state index contributed by atoms with van der Waals surface area (Å²) in [5.74, 6) is 0.0456. The van der Waals surface area contributed by atoms with Crippen molar-refractivity contribution in [1.82, 2.24) is 15.1 Å². The van der Waals surface area contributed by atoms with Crippen LogP contribution in [0.1, 0.15) is 30.2 Å². The van der Waals surface area contributed by atoms with Gasteiger partial charge in [-0.2, -0.15) is 5.10 Å². The summed E-state index contributed by atoms with van der Waals surface area (Å²) in [7, 11) is 0. The van der Waals surface area contributed by atoms with E-state index in [4.69, 9.17) is 16.7 Å². The van der Waals surface area contributed by atoms with Crippen molar-refractivity contribution in [2.75, 3.05) is 23.7 Å². The highest BCUT2D eigenvalue weighted by Gasteiger charge is 2.38. The Hall–Kier alpha value is -3.62. The number of aromatic nitrogens is 2. The van der Waals surface area contributed by atoms with Gasteiger partial charge >= 0.3 is 0 Å². The molecular formula is C30H28ClFN4O2S. The molecule has 1 aromatic heterocycles. The molecule has 3 aromatic carbocycles. The van der Waals surface area contributed by atoms with Crippen LogP contribution in [0.15, 0.2) is 78.9 Å². The zero-order valence-electron chi connectivity index (χ0n) is 21.6. The molecule has 1 atom stereocenters. The van der Waals surface area contributed by atoms with Crippen molar-refractivity contribution >= 4 is 41.0 Å². The first-order chi connectivity index (χ1) is 18.8. The number of rotatable bonds is 7. The van der Waals surface area contributed by atoms with E-state index < -0.39 is 0 Å². The van der Waals surface area contributed by atoms with E-state index in [1.807, 2.05) is 62.4 Å². The first kappa shape index (κ1) is 27.0. The zero-order chi connectivity index (χ0) is 27.5. The third-order valence-corrected chi connectivity index (χ3v) is 7.97. The van der Waals surface area contributed by atoms with Gasteiger partial charge in [-0.05, 0) is 35.7 Å². The Morgan fingerprint density at radius 3 is 2.46 bits per heavy atom. The van der Waals surface area contributed by atoms with Gasteiger partial charge in [-0.25, -0.2) is 9.07 Å². The minimum Gasteiger partial charge on any atom is -0.354 e. The van der Waals surface area contributed by atoms with Crippen molar-refractivity contribution in [3.8, 4) is 16.9 Å². The molecule has 0 fully saturated rings. The van der Waals surface area contributed by atoms with Gasteiger partial charge in [-0.15, -0.1) is 11.8 Å². The number of benzene rings is 3. The van der Waals surface area contributed by atoms with Crippen molar-refractivity contribution < 1.29 is 14.0 Å². The average Bonchev–Trinajstić information content (AvgIpc) is 3.25. The number of halogens is 2. The third-order valence-electron chi connectivity index (χ3n) is 6.40. The van der Waals surface area contributed by atoms with Gasteiger partial charge in [-0.1, -0.05) is 80.0 Å². The van der Waals surface area contributed by atoms with Crippen molar-refractivity contribution in [1.29, 1.82) is 0 Å². The van der Waals surface area contributed by atoms with Crippen LogP contribution >= 0.6 is 23.4 Å². The van der Waals surface area contributed by atoms with Crippen molar-refractivity contribution in [2.24, 2.45) is 5.92 Å². The van der Waals surface area contributed by atoms with Crippen LogP contribution < -0.4 is 10.2 Å². The molecule has 0 saturated heterocycles. The number of fused-ring (bicyclic) bond motifs is 1. The molecule has 0 saturated carbocycles. The number of para-hydroxylation sites is 1. The molecule has 4 aromatic rings. The van der Waals surface area contributed by atoms with Gasteiger partial charge in [-0.3, -0.25) is 14.5 Å². The van der Waals surface area contributed by atoms with E-state index in [2.05, 4.69) is 5.32 Å². The fourth-order valence-electron chi connectivity index (χ4n) is 4.54. The molecule has 0 aliphatic carbocycles. The Bertz CT molecular complexity index is 1490. The highest BCUT2D eigenvalue weighted by Crippen LogP contribution is 2.48. The van der Waals surface area contributed by atoms with Crippen molar-refractivity contribution in [3.05, 3.63) is 101 Å². The summed E-state index contributed by atoms with van der Waals surface area (Å²) in [5.41, 5.74) is 3.70. The largest absolute Gasteiger partial charge is 0.354 e. The second-order valence-corrected chi connectivity index (χ2v) is 11.2. The lowest BCUT2D eigenvalue weighted by molar-refractivity contribution is -0.123. The number of anilines is 1. The number of hydrogen-bond acceptors (Lipinski definition) is 4. The maximum Gasteiger partial charge on any atom is 0.240 e. The molecule has 5 rings (SSSR count). The van der Waals surface area contributed by atoms with Crippen LogP contribution in [0, 0.1) is 11.7 Å². The predicted octanol–water partition coefficient (Wildman–Crippen LogP) is 6.27. The van der Waals surface area contributed by atoms with Crippen LogP contribution in [0.2, 0.25) is 5.02 Å². The summed E-state index contributed by atoms with van der Waals surface area (Å²) in [5, 5.41) is 8.04. The average molecular weight is 563 g/mol. The number of nitrogens with one attached hydrogen (secondary N) is 1. The van der Waals surface area contributed by atoms with Crippen molar-refractivity contribution in [3.63, 3.8) is 0 Å². The first-order valence-electron chi connectivity index (χ1n) is 12.7. The lowest BCUT2D eigenvalue weighted by atomic mass is 9.99. The van der Waals surface area contributed by atoms with E-state index in [1.165, 1.54) is 28.8 Å². The molecule has 2 amide bonds.